The molecule has 0 aliphatic rings. The minimum absolute atomic E-state index is 0.144. The van der Waals surface area contributed by atoms with E-state index in [2.05, 4.69) is 15.4 Å². The van der Waals surface area contributed by atoms with Crippen molar-refractivity contribution >= 4 is 44.3 Å². The lowest BCUT2D eigenvalue weighted by Crippen LogP contribution is -2.27. The molecular formula is C28H21N5O3. The Kier molecular flexibility index (Phi) is 5.00. The summed E-state index contributed by atoms with van der Waals surface area (Å²) in [6.45, 7) is 0. The highest BCUT2D eigenvalue weighted by Crippen LogP contribution is 2.29. The Morgan fingerprint density at radius 1 is 0.972 bits per heavy atom. The van der Waals surface area contributed by atoms with E-state index >= 15 is 0 Å². The standard InChI is InChI=1S/C28H21N5O3/c1-32-23-10-6-4-8-21(23)24-25(27(34)30-18-15-17-7-3-5-9-22(17)29-16-18)31-33(28(35)26(24)32)19-11-13-20(36-2)14-12-19/h3-16H,1-2H3,(H,30,34). The number of anilines is 1. The molecule has 3 aromatic carbocycles. The van der Waals surface area contributed by atoms with Crippen molar-refractivity contribution in [1.29, 1.82) is 0 Å². The first-order chi connectivity index (χ1) is 17.5. The SMILES string of the molecule is COc1ccc(-n2nc(C(=O)Nc3cnc4ccccc4c3)c3c4ccccc4n(C)c3c2=O)cc1. The predicted octanol–water partition coefficient (Wildman–Crippen LogP) is 4.69. The van der Waals surface area contributed by atoms with E-state index in [9.17, 15) is 9.59 Å². The van der Waals surface area contributed by atoms with Gasteiger partial charge in [0, 0.05) is 28.7 Å². The van der Waals surface area contributed by atoms with Crippen LogP contribution in [0.25, 0.3) is 38.4 Å². The molecule has 3 heterocycles. The van der Waals surface area contributed by atoms with Crippen molar-refractivity contribution in [2.75, 3.05) is 12.4 Å². The summed E-state index contributed by atoms with van der Waals surface area (Å²) in [6.07, 6.45) is 1.61. The molecule has 0 atom stereocenters. The molecule has 0 radical (unpaired) electrons. The largest absolute Gasteiger partial charge is 0.497 e. The summed E-state index contributed by atoms with van der Waals surface area (Å²) in [6, 6.07) is 24.1. The van der Waals surface area contributed by atoms with Crippen LogP contribution >= 0.6 is 0 Å². The minimum atomic E-state index is -0.435. The first-order valence-electron chi connectivity index (χ1n) is 11.4. The molecular weight excluding hydrogens is 454 g/mol. The van der Waals surface area contributed by atoms with Gasteiger partial charge in [-0.05, 0) is 42.5 Å². The Morgan fingerprint density at radius 2 is 1.72 bits per heavy atom. The van der Waals surface area contributed by atoms with E-state index in [1.165, 1.54) is 4.68 Å². The van der Waals surface area contributed by atoms with E-state index in [4.69, 9.17) is 4.74 Å². The van der Waals surface area contributed by atoms with Crippen molar-refractivity contribution in [3.05, 3.63) is 101 Å². The summed E-state index contributed by atoms with van der Waals surface area (Å²) in [7, 11) is 3.39. The topological polar surface area (TPSA) is 91.0 Å². The quantitative estimate of drug-likeness (QED) is 0.400. The van der Waals surface area contributed by atoms with Gasteiger partial charge in [0.05, 0.1) is 30.2 Å². The lowest BCUT2D eigenvalue weighted by molar-refractivity contribution is 0.102. The summed E-state index contributed by atoms with van der Waals surface area (Å²) in [5.41, 5.74) is 2.94. The molecule has 0 saturated heterocycles. The van der Waals surface area contributed by atoms with E-state index in [0.717, 1.165) is 21.8 Å². The lowest BCUT2D eigenvalue weighted by Gasteiger charge is -2.11. The van der Waals surface area contributed by atoms with Crippen LogP contribution in [-0.4, -0.2) is 32.3 Å². The highest BCUT2D eigenvalue weighted by molar-refractivity contribution is 6.19. The molecule has 36 heavy (non-hydrogen) atoms. The molecule has 0 unspecified atom stereocenters. The maximum atomic E-state index is 13.7. The van der Waals surface area contributed by atoms with Crippen LogP contribution < -0.4 is 15.6 Å². The van der Waals surface area contributed by atoms with Gasteiger partial charge >= 0.3 is 0 Å². The molecule has 8 nitrogen and oxygen atoms in total. The van der Waals surface area contributed by atoms with Gasteiger partial charge < -0.3 is 14.6 Å². The zero-order valence-corrected chi connectivity index (χ0v) is 19.6. The van der Waals surface area contributed by atoms with Crippen LogP contribution in [0.15, 0.2) is 89.9 Å². The van der Waals surface area contributed by atoms with E-state index < -0.39 is 5.91 Å². The van der Waals surface area contributed by atoms with Gasteiger partial charge in [-0.3, -0.25) is 14.6 Å². The highest BCUT2D eigenvalue weighted by atomic mass is 16.5. The number of carbonyl (C=O) groups excluding carboxylic acids is 1. The number of carbonyl (C=O) groups is 1. The van der Waals surface area contributed by atoms with Crippen molar-refractivity contribution < 1.29 is 9.53 Å². The maximum Gasteiger partial charge on any atom is 0.296 e. The Morgan fingerprint density at radius 3 is 2.53 bits per heavy atom. The molecule has 0 fully saturated rings. The van der Waals surface area contributed by atoms with E-state index in [1.807, 2.05) is 66.2 Å². The third-order valence-electron chi connectivity index (χ3n) is 6.32. The number of pyridine rings is 1. The fourth-order valence-electron chi connectivity index (χ4n) is 4.57. The van der Waals surface area contributed by atoms with E-state index in [1.54, 1.807) is 37.6 Å². The molecule has 0 bridgehead atoms. The molecule has 1 amide bonds. The fourth-order valence-corrected chi connectivity index (χ4v) is 4.57. The summed E-state index contributed by atoms with van der Waals surface area (Å²) in [5.74, 6) is 0.218. The molecule has 0 saturated carbocycles. The number of hydrogen-bond donors (Lipinski definition) is 1. The van der Waals surface area contributed by atoms with Crippen molar-refractivity contribution in [3.8, 4) is 11.4 Å². The van der Waals surface area contributed by atoms with Gasteiger partial charge in [0.25, 0.3) is 11.5 Å². The zero-order chi connectivity index (χ0) is 24.8. The smallest absolute Gasteiger partial charge is 0.296 e. The van der Waals surface area contributed by atoms with Gasteiger partial charge in [0.2, 0.25) is 0 Å². The van der Waals surface area contributed by atoms with Crippen molar-refractivity contribution in [1.82, 2.24) is 19.3 Å². The number of fused-ring (bicyclic) bond motifs is 4. The summed E-state index contributed by atoms with van der Waals surface area (Å²) >= 11 is 0. The second kappa shape index (κ2) is 8.35. The molecule has 3 aromatic heterocycles. The van der Waals surface area contributed by atoms with Gasteiger partial charge in [-0.1, -0.05) is 36.4 Å². The highest BCUT2D eigenvalue weighted by Gasteiger charge is 2.23. The van der Waals surface area contributed by atoms with Gasteiger partial charge in [0.1, 0.15) is 11.3 Å². The van der Waals surface area contributed by atoms with Crippen molar-refractivity contribution in [3.63, 3.8) is 0 Å². The second-order valence-corrected chi connectivity index (χ2v) is 8.43. The van der Waals surface area contributed by atoms with Crippen LogP contribution in [0.5, 0.6) is 5.75 Å². The number of aromatic nitrogens is 4. The monoisotopic (exact) mass is 475 g/mol. The number of rotatable bonds is 4. The van der Waals surface area contributed by atoms with Crippen LogP contribution in [0, 0.1) is 0 Å². The normalized spacial score (nSPS) is 11.3. The van der Waals surface area contributed by atoms with Crippen LogP contribution in [-0.2, 0) is 7.05 Å². The maximum absolute atomic E-state index is 13.7. The number of para-hydroxylation sites is 2. The molecule has 0 aliphatic heterocycles. The molecule has 6 aromatic rings. The van der Waals surface area contributed by atoms with Gasteiger partial charge in [-0.25, -0.2) is 0 Å². The minimum Gasteiger partial charge on any atom is -0.497 e. The van der Waals surface area contributed by atoms with Gasteiger partial charge in [-0.2, -0.15) is 9.78 Å². The van der Waals surface area contributed by atoms with Crippen LogP contribution in [0.3, 0.4) is 0 Å². The summed E-state index contributed by atoms with van der Waals surface area (Å²) in [4.78, 5) is 31.8. The third kappa shape index (κ3) is 3.39. The van der Waals surface area contributed by atoms with Gasteiger partial charge in [-0.15, -0.1) is 0 Å². The first-order valence-corrected chi connectivity index (χ1v) is 11.4. The fraction of sp³-hybridized carbons (Fsp3) is 0.0714. The molecule has 0 spiro atoms. The number of amides is 1. The number of nitrogens with one attached hydrogen (secondary N) is 1. The number of aryl methyl sites for hydroxylation is 1. The Hall–Kier alpha value is -4.98. The van der Waals surface area contributed by atoms with E-state index in [0.29, 0.717) is 28.0 Å². The summed E-state index contributed by atoms with van der Waals surface area (Å²) in [5, 5.41) is 9.68. The number of hydrogen-bond acceptors (Lipinski definition) is 5. The van der Waals surface area contributed by atoms with Crippen LogP contribution in [0.1, 0.15) is 10.5 Å². The van der Waals surface area contributed by atoms with Crippen LogP contribution in [0.4, 0.5) is 5.69 Å². The Bertz CT molecular complexity index is 1850. The Balaban J connectivity index is 1.57. The van der Waals surface area contributed by atoms with E-state index in [-0.39, 0.29) is 11.3 Å². The molecule has 1 N–H and O–H groups in total. The third-order valence-corrected chi connectivity index (χ3v) is 6.32. The molecule has 176 valence electrons. The number of methoxy groups -OCH3 is 1. The molecule has 6 rings (SSSR count). The van der Waals surface area contributed by atoms with Crippen molar-refractivity contribution in [2.24, 2.45) is 7.05 Å². The first kappa shape index (κ1) is 21.5. The number of ether oxygens (including phenoxy) is 1. The van der Waals surface area contributed by atoms with Crippen molar-refractivity contribution in [2.45, 2.75) is 0 Å². The molecule has 0 aliphatic carbocycles. The lowest BCUT2D eigenvalue weighted by atomic mass is 10.1. The average Bonchev–Trinajstić information content (AvgIpc) is 3.22. The molecule has 8 heteroatoms. The average molecular weight is 476 g/mol. The van der Waals surface area contributed by atoms with Gasteiger partial charge in [0.15, 0.2) is 5.69 Å². The number of benzene rings is 3. The second-order valence-electron chi connectivity index (χ2n) is 8.43. The predicted molar refractivity (Wildman–Crippen MR) is 140 cm³/mol. The zero-order valence-electron chi connectivity index (χ0n) is 19.6. The number of nitrogens with zero attached hydrogens (tertiary/aromatic N) is 4. The van der Waals surface area contributed by atoms with Crippen LogP contribution in [0.2, 0.25) is 0 Å². The Labute approximate surface area is 205 Å². The summed E-state index contributed by atoms with van der Waals surface area (Å²) < 4.78 is 8.31.